The molecule has 5 nitrogen and oxygen atoms in total. The number of rotatable bonds is 8. The minimum absolute atomic E-state index is 0.0898. The van der Waals surface area contributed by atoms with Gasteiger partial charge in [-0.1, -0.05) is 36.4 Å². The number of nitrogens with zero attached hydrogens (tertiary/aromatic N) is 2. The Morgan fingerprint density at radius 3 is 2.69 bits per heavy atom. The molecule has 6 heteroatoms. The van der Waals surface area contributed by atoms with Gasteiger partial charge < -0.3 is 15.6 Å². The number of hydrogen-bond donors (Lipinski definition) is 2. The van der Waals surface area contributed by atoms with Crippen molar-refractivity contribution in [2.45, 2.75) is 25.6 Å². The average Bonchev–Trinajstić information content (AvgIpc) is 3.08. The van der Waals surface area contributed by atoms with Gasteiger partial charge in [0, 0.05) is 13.1 Å². The fourth-order valence-corrected chi connectivity index (χ4v) is 3.28. The van der Waals surface area contributed by atoms with Gasteiger partial charge in [0.15, 0.2) is 0 Å². The summed E-state index contributed by atoms with van der Waals surface area (Å²) in [6, 6.07) is 15.9. The minimum Gasteiger partial charge on any atom is -0.351 e. The maximum absolute atomic E-state index is 12.0. The summed E-state index contributed by atoms with van der Waals surface area (Å²) in [5, 5.41) is 2.91. The molecule has 0 unspecified atom stereocenters. The molecule has 0 bridgehead atoms. The van der Waals surface area contributed by atoms with Gasteiger partial charge in [-0.2, -0.15) is 11.8 Å². The summed E-state index contributed by atoms with van der Waals surface area (Å²) in [7, 11) is 0. The smallest absolute Gasteiger partial charge is 0.237 e. The van der Waals surface area contributed by atoms with Crippen LogP contribution in [0.15, 0.2) is 54.9 Å². The maximum Gasteiger partial charge on any atom is 0.237 e. The highest BCUT2D eigenvalue weighted by molar-refractivity contribution is 7.98. The van der Waals surface area contributed by atoms with Crippen molar-refractivity contribution in [1.82, 2.24) is 14.9 Å². The largest absolute Gasteiger partial charge is 0.351 e. The van der Waals surface area contributed by atoms with Gasteiger partial charge in [-0.3, -0.25) is 4.79 Å². The lowest BCUT2D eigenvalue weighted by Crippen LogP contribution is -2.40. The molecule has 3 aromatic rings. The molecule has 1 heterocycles. The summed E-state index contributed by atoms with van der Waals surface area (Å²) < 4.78 is 2.14. The number of aromatic nitrogens is 2. The van der Waals surface area contributed by atoms with E-state index in [4.69, 9.17) is 5.73 Å². The lowest BCUT2D eigenvalue weighted by atomic mass is 10.1. The fourth-order valence-electron chi connectivity index (χ4n) is 2.79. The van der Waals surface area contributed by atoms with Crippen molar-refractivity contribution in [3.8, 4) is 0 Å². The molecule has 136 valence electrons. The first-order valence-electron chi connectivity index (χ1n) is 8.67. The Balaban J connectivity index is 1.56. The molecule has 0 aliphatic heterocycles. The van der Waals surface area contributed by atoms with Crippen molar-refractivity contribution in [3.63, 3.8) is 0 Å². The molecule has 3 rings (SSSR count). The molecule has 1 aromatic heterocycles. The van der Waals surface area contributed by atoms with Crippen LogP contribution in [0.2, 0.25) is 0 Å². The molecule has 1 amide bonds. The molecule has 0 spiro atoms. The van der Waals surface area contributed by atoms with Crippen molar-refractivity contribution >= 4 is 28.7 Å². The highest BCUT2D eigenvalue weighted by atomic mass is 32.2. The second kappa shape index (κ2) is 8.87. The van der Waals surface area contributed by atoms with Crippen molar-refractivity contribution in [1.29, 1.82) is 0 Å². The molecule has 2 aromatic carbocycles. The second-order valence-electron chi connectivity index (χ2n) is 6.28. The summed E-state index contributed by atoms with van der Waals surface area (Å²) in [6.45, 7) is 1.27. The van der Waals surface area contributed by atoms with E-state index in [0.29, 0.717) is 13.0 Å². The van der Waals surface area contributed by atoms with E-state index in [0.717, 1.165) is 28.9 Å². The first kappa shape index (κ1) is 18.5. The summed E-state index contributed by atoms with van der Waals surface area (Å²) in [5.74, 6) is 0.805. The second-order valence-corrected chi connectivity index (χ2v) is 7.27. The Bertz CT molecular complexity index is 860. The zero-order valence-electron chi connectivity index (χ0n) is 14.9. The Hall–Kier alpha value is -2.31. The third kappa shape index (κ3) is 4.65. The topological polar surface area (TPSA) is 72.9 Å². The van der Waals surface area contributed by atoms with E-state index in [-0.39, 0.29) is 5.91 Å². The van der Waals surface area contributed by atoms with Crippen molar-refractivity contribution in [2.75, 3.05) is 12.0 Å². The van der Waals surface area contributed by atoms with Gasteiger partial charge in [0.2, 0.25) is 5.91 Å². The summed E-state index contributed by atoms with van der Waals surface area (Å²) >= 11 is 1.70. The van der Waals surface area contributed by atoms with Gasteiger partial charge in [0.25, 0.3) is 0 Å². The number of imidazole rings is 1. The van der Waals surface area contributed by atoms with Crippen molar-refractivity contribution in [2.24, 2.45) is 5.73 Å². The molecule has 0 saturated carbocycles. The summed E-state index contributed by atoms with van der Waals surface area (Å²) in [4.78, 5) is 16.4. The summed E-state index contributed by atoms with van der Waals surface area (Å²) in [6.07, 6.45) is 4.58. The van der Waals surface area contributed by atoms with Crippen LogP contribution in [-0.4, -0.2) is 33.5 Å². The van der Waals surface area contributed by atoms with Crippen LogP contribution in [0, 0.1) is 0 Å². The molecule has 0 fully saturated rings. The normalized spacial score (nSPS) is 12.2. The molecule has 1 atom stereocenters. The average molecular weight is 369 g/mol. The van der Waals surface area contributed by atoms with E-state index in [2.05, 4.69) is 33.1 Å². The van der Waals surface area contributed by atoms with E-state index < -0.39 is 6.04 Å². The van der Waals surface area contributed by atoms with Crippen LogP contribution in [0.25, 0.3) is 11.0 Å². The maximum atomic E-state index is 12.0. The molecule has 26 heavy (non-hydrogen) atoms. The zero-order valence-corrected chi connectivity index (χ0v) is 15.7. The predicted molar refractivity (Wildman–Crippen MR) is 108 cm³/mol. The highest BCUT2D eigenvalue weighted by Gasteiger charge is 2.12. The van der Waals surface area contributed by atoms with Crippen LogP contribution in [0.1, 0.15) is 17.5 Å². The third-order valence-electron chi connectivity index (χ3n) is 4.34. The first-order valence-corrected chi connectivity index (χ1v) is 10.1. The van der Waals surface area contributed by atoms with Crippen molar-refractivity contribution < 1.29 is 4.79 Å². The van der Waals surface area contributed by atoms with E-state index in [9.17, 15) is 4.79 Å². The van der Waals surface area contributed by atoms with Gasteiger partial charge in [-0.25, -0.2) is 4.98 Å². The van der Waals surface area contributed by atoms with Crippen molar-refractivity contribution in [3.05, 3.63) is 66.0 Å². The standard InChI is InChI=1S/C20H24N4OS/c1-26-11-10-17(21)20(25)22-12-15-6-8-16(9-7-15)13-24-14-23-18-4-2-3-5-19(18)24/h2-9,14,17H,10-13,21H2,1H3,(H,22,25)/t17-/m0/s1. The molecule has 0 radical (unpaired) electrons. The number of thioether (sulfide) groups is 1. The number of nitrogens with two attached hydrogens (primary N) is 1. The minimum atomic E-state index is -0.434. The Kier molecular flexibility index (Phi) is 6.30. The monoisotopic (exact) mass is 368 g/mol. The van der Waals surface area contributed by atoms with Crippen LogP contribution < -0.4 is 11.1 Å². The lowest BCUT2D eigenvalue weighted by Gasteiger charge is -2.12. The Labute approximate surface area is 158 Å². The zero-order chi connectivity index (χ0) is 18.4. The third-order valence-corrected chi connectivity index (χ3v) is 4.98. The number of carbonyl (C=O) groups is 1. The van der Waals surface area contributed by atoms with E-state index in [1.54, 1.807) is 11.8 Å². The number of para-hydroxylation sites is 2. The van der Waals surface area contributed by atoms with Crippen LogP contribution in [-0.2, 0) is 17.9 Å². The van der Waals surface area contributed by atoms with Crippen LogP contribution >= 0.6 is 11.8 Å². The highest BCUT2D eigenvalue weighted by Crippen LogP contribution is 2.14. The molecular formula is C20H24N4OS. The lowest BCUT2D eigenvalue weighted by molar-refractivity contribution is -0.122. The number of fused-ring (bicyclic) bond motifs is 1. The first-order chi connectivity index (χ1) is 12.7. The van der Waals surface area contributed by atoms with Gasteiger partial charge in [-0.05, 0) is 41.7 Å². The van der Waals surface area contributed by atoms with Gasteiger partial charge in [0.1, 0.15) is 0 Å². The molecular weight excluding hydrogens is 344 g/mol. The number of benzene rings is 2. The van der Waals surface area contributed by atoms with Gasteiger partial charge in [0.05, 0.1) is 23.4 Å². The van der Waals surface area contributed by atoms with Crippen LogP contribution in [0.5, 0.6) is 0 Å². The molecule has 0 aliphatic carbocycles. The van der Waals surface area contributed by atoms with E-state index in [1.807, 2.05) is 42.9 Å². The molecule has 3 N–H and O–H groups in total. The summed E-state index contributed by atoms with van der Waals surface area (Å²) in [5.41, 5.74) is 10.3. The fraction of sp³-hybridized carbons (Fsp3) is 0.300. The predicted octanol–water partition coefficient (Wildman–Crippen LogP) is 2.78. The number of carbonyl (C=O) groups excluding carboxylic acids is 1. The number of nitrogens with one attached hydrogen (secondary N) is 1. The van der Waals surface area contributed by atoms with E-state index >= 15 is 0 Å². The van der Waals surface area contributed by atoms with Gasteiger partial charge >= 0.3 is 0 Å². The molecule has 0 aliphatic rings. The SMILES string of the molecule is CSCC[C@H](N)C(=O)NCc1ccc(Cn2cnc3ccccc32)cc1. The Morgan fingerprint density at radius 2 is 1.92 bits per heavy atom. The Morgan fingerprint density at radius 1 is 1.19 bits per heavy atom. The van der Waals surface area contributed by atoms with E-state index in [1.165, 1.54) is 5.56 Å². The van der Waals surface area contributed by atoms with Crippen LogP contribution in [0.3, 0.4) is 0 Å². The quantitative estimate of drug-likeness (QED) is 0.641. The number of hydrogen-bond acceptors (Lipinski definition) is 4. The van der Waals surface area contributed by atoms with Gasteiger partial charge in [-0.15, -0.1) is 0 Å². The molecule has 0 saturated heterocycles. The number of amides is 1. The van der Waals surface area contributed by atoms with Crippen LogP contribution in [0.4, 0.5) is 0 Å².